The summed E-state index contributed by atoms with van der Waals surface area (Å²) < 4.78 is 5.64. The molecule has 2 rings (SSSR count). The summed E-state index contributed by atoms with van der Waals surface area (Å²) in [6.45, 7) is 6.52. The largest absolute Gasteiger partial charge is 0.378 e. The quantitative estimate of drug-likeness (QED) is 0.869. The van der Waals surface area contributed by atoms with Gasteiger partial charge in [-0.1, -0.05) is 0 Å². The van der Waals surface area contributed by atoms with E-state index in [9.17, 15) is 4.79 Å². The predicted octanol–water partition coefficient (Wildman–Crippen LogP) is 2.38. The van der Waals surface area contributed by atoms with Crippen molar-refractivity contribution in [3.05, 3.63) is 33.2 Å². The maximum absolute atomic E-state index is 11.9. The van der Waals surface area contributed by atoms with Crippen LogP contribution in [0.15, 0.2) is 11.0 Å². The van der Waals surface area contributed by atoms with Gasteiger partial charge in [0.25, 0.3) is 0 Å². The third-order valence-electron chi connectivity index (χ3n) is 4.13. The van der Waals surface area contributed by atoms with Crippen molar-refractivity contribution in [1.29, 1.82) is 0 Å². The Bertz CT molecular complexity index is 490. The Morgan fingerprint density at radius 2 is 2.25 bits per heavy atom. The first-order chi connectivity index (χ1) is 9.58. The van der Waals surface area contributed by atoms with Crippen molar-refractivity contribution in [1.82, 2.24) is 9.88 Å². The minimum atomic E-state index is 0.159. The fourth-order valence-corrected chi connectivity index (χ4v) is 2.78. The molecule has 0 aromatic carbocycles. The van der Waals surface area contributed by atoms with Gasteiger partial charge in [0.05, 0.1) is 6.10 Å². The van der Waals surface area contributed by atoms with Gasteiger partial charge < -0.3 is 14.6 Å². The van der Waals surface area contributed by atoms with Gasteiger partial charge in [0, 0.05) is 36.2 Å². The lowest BCUT2D eigenvalue weighted by molar-refractivity contribution is 0.0994. The minimum Gasteiger partial charge on any atom is -0.378 e. The Kier molecular flexibility index (Phi) is 5.38. The van der Waals surface area contributed by atoms with E-state index in [1.807, 2.05) is 20.0 Å². The molecular weight excluding hydrogens is 252 g/mol. The van der Waals surface area contributed by atoms with Crippen LogP contribution in [0.2, 0.25) is 0 Å². The summed E-state index contributed by atoms with van der Waals surface area (Å²) in [5, 5.41) is 0. The second-order valence-electron chi connectivity index (χ2n) is 5.92. The van der Waals surface area contributed by atoms with Crippen LogP contribution >= 0.6 is 0 Å². The van der Waals surface area contributed by atoms with Crippen molar-refractivity contribution in [3.63, 3.8) is 0 Å². The first-order valence-electron chi connectivity index (χ1n) is 7.56. The lowest BCUT2D eigenvalue weighted by Gasteiger charge is -2.18. The molecule has 20 heavy (non-hydrogen) atoms. The molecule has 1 N–H and O–H groups in total. The summed E-state index contributed by atoms with van der Waals surface area (Å²) in [5.74, 6) is 0. The van der Waals surface area contributed by atoms with E-state index in [1.54, 1.807) is 0 Å². The van der Waals surface area contributed by atoms with Crippen LogP contribution in [0, 0.1) is 13.8 Å². The number of aromatic nitrogens is 1. The van der Waals surface area contributed by atoms with E-state index in [0.717, 1.165) is 49.4 Å². The molecule has 1 atom stereocenters. The second-order valence-corrected chi connectivity index (χ2v) is 5.92. The third-order valence-corrected chi connectivity index (χ3v) is 4.13. The van der Waals surface area contributed by atoms with Crippen LogP contribution in [0.4, 0.5) is 0 Å². The molecule has 1 aromatic heterocycles. The molecule has 4 nitrogen and oxygen atoms in total. The van der Waals surface area contributed by atoms with Gasteiger partial charge in [0.1, 0.15) is 0 Å². The molecule has 1 saturated heterocycles. The van der Waals surface area contributed by atoms with Crippen molar-refractivity contribution in [2.24, 2.45) is 0 Å². The molecule has 4 heteroatoms. The van der Waals surface area contributed by atoms with E-state index in [-0.39, 0.29) is 5.43 Å². The van der Waals surface area contributed by atoms with Crippen LogP contribution < -0.4 is 5.43 Å². The lowest BCUT2D eigenvalue weighted by Crippen LogP contribution is -2.24. The normalized spacial score (nSPS) is 18.9. The van der Waals surface area contributed by atoms with Crippen LogP contribution in [-0.4, -0.2) is 36.2 Å². The number of hydrogen-bond donors (Lipinski definition) is 1. The van der Waals surface area contributed by atoms with E-state index >= 15 is 0 Å². The lowest BCUT2D eigenvalue weighted by atomic mass is 10.1. The molecule has 1 aliphatic heterocycles. The molecular formula is C16H26N2O2. The van der Waals surface area contributed by atoms with Crippen LogP contribution in [0.25, 0.3) is 0 Å². The van der Waals surface area contributed by atoms with Crippen LogP contribution in [0.5, 0.6) is 0 Å². The van der Waals surface area contributed by atoms with E-state index in [4.69, 9.17) is 4.74 Å². The zero-order valence-corrected chi connectivity index (χ0v) is 12.9. The summed E-state index contributed by atoms with van der Waals surface area (Å²) in [4.78, 5) is 17.4. The van der Waals surface area contributed by atoms with Gasteiger partial charge in [-0.15, -0.1) is 0 Å². The number of hydrogen-bond acceptors (Lipinski definition) is 3. The van der Waals surface area contributed by atoms with Gasteiger partial charge in [-0.2, -0.15) is 0 Å². The van der Waals surface area contributed by atoms with Crippen molar-refractivity contribution in [2.75, 3.05) is 20.2 Å². The van der Waals surface area contributed by atoms with Crippen molar-refractivity contribution in [2.45, 2.75) is 52.2 Å². The number of aryl methyl sites for hydroxylation is 1. The number of aromatic amines is 1. The van der Waals surface area contributed by atoms with Crippen molar-refractivity contribution < 1.29 is 4.74 Å². The zero-order chi connectivity index (χ0) is 14.5. The van der Waals surface area contributed by atoms with E-state index in [1.165, 1.54) is 12.8 Å². The minimum absolute atomic E-state index is 0.159. The Morgan fingerprint density at radius 3 is 2.95 bits per heavy atom. The standard InChI is InChI=1S/C16H26N2O2/c1-12-10-17-15(13(2)16(12)19)11-18(3)8-4-6-14-7-5-9-20-14/h10,14H,4-9,11H2,1-3H3,(H,17,19). The van der Waals surface area contributed by atoms with Gasteiger partial charge in [-0.25, -0.2) is 0 Å². The Labute approximate surface area is 121 Å². The van der Waals surface area contributed by atoms with Crippen LogP contribution in [0.1, 0.15) is 42.5 Å². The molecule has 1 unspecified atom stereocenters. The summed E-state index contributed by atoms with van der Waals surface area (Å²) in [7, 11) is 2.10. The zero-order valence-electron chi connectivity index (χ0n) is 12.9. The van der Waals surface area contributed by atoms with Gasteiger partial charge in [-0.05, 0) is 53.1 Å². The average Bonchev–Trinajstić information content (AvgIpc) is 2.93. The number of nitrogens with zero attached hydrogens (tertiary/aromatic N) is 1. The van der Waals surface area contributed by atoms with Gasteiger partial charge in [0.15, 0.2) is 5.43 Å². The molecule has 0 aliphatic carbocycles. The number of pyridine rings is 1. The topological polar surface area (TPSA) is 45.3 Å². The summed E-state index contributed by atoms with van der Waals surface area (Å²) in [6.07, 6.45) is 7.01. The highest BCUT2D eigenvalue weighted by Crippen LogP contribution is 2.17. The molecule has 0 amide bonds. The predicted molar refractivity (Wildman–Crippen MR) is 81.1 cm³/mol. The second kappa shape index (κ2) is 7.04. The molecule has 0 spiro atoms. The van der Waals surface area contributed by atoms with Gasteiger partial charge >= 0.3 is 0 Å². The summed E-state index contributed by atoms with van der Waals surface area (Å²) in [5.41, 5.74) is 2.81. The van der Waals surface area contributed by atoms with Crippen LogP contribution in [-0.2, 0) is 11.3 Å². The van der Waals surface area contributed by atoms with E-state index in [2.05, 4.69) is 16.9 Å². The van der Waals surface area contributed by atoms with E-state index < -0.39 is 0 Å². The highest BCUT2D eigenvalue weighted by atomic mass is 16.5. The molecule has 0 saturated carbocycles. The molecule has 1 aliphatic rings. The van der Waals surface area contributed by atoms with Crippen molar-refractivity contribution in [3.8, 4) is 0 Å². The number of H-pyrrole nitrogens is 1. The van der Waals surface area contributed by atoms with E-state index in [0.29, 0.717) is 6.10 Å². The maximum Gasteiger partial charge on any atom is 0.187 e. The van der Waals surface area contributed by atoms with Crippen molar-refractivity contribution >= 4 is 0 Å². The number of rotatable bonds is 6. The molecule has 1 aromatic rings. The first kappa shape index (κ1) is 15.3. The number of ether oxygens (including phenoxy) is 1. The highest BCUT2D eigenvalue weighted by Gasteiger charge is 2.15. The Balaban J connectivity index is 1.80. The van der Waals surface area contributed by atoms with Gasteiger partial charge in [-0.3, -0.25) is 4.79 Å². The first-order valence-corrected chi connectivity index (χ1v) is 7.56. The summed E-state index contributed by atoms with van der Waals surface area (Å²) >= 11 is 0. The fraction of sp³-hybridized carbons (Fsp3) is 0.688. The SMILES string of the molecule is Cc1c[nH]c(CN(C)CCCC2CCCO2)c(C)c1=O. The fourth-order valence-electron chi connectivity index (χ4n) is 2.78. The van der Waals surface area contributed by atoms with Gasteiger partial charge in [0.2, 0.25) is 0 Å². The average molecular weight is 278 g/mol. The molecule has 0 radical (unpaired) electrons. The maximum atomic E-state index is 11.9. The molecule has 0 bridgehead atoms. The molecule has 1 fully saturated rings. The highest BCUT2D eigenvalue weighted by molar-refractivity contribution is 5.23. The third kappa shape index (κ3) is 3.93. The number of nitrogens with one attached hydrogen (secondary N) is 1. The molecule has 2 heterocycles. The van der Waals surface area contributed by atoms with Crippen LogP contribution in [0.3, 0.4) is 0 Å². The molecule has 112 valence electrons. The smallest absolute Gasteiger partial charge is 0.187 e. The Hall–Kier alpha value is -1.13. The monoisotopic (exact) mass is 278 g/mol. The summed E-state index contributed by atoms with van der Waals surface area (Å²) in [6, 6.07) is 0. The Morgan fingerprint density at radius 1 is 1.45 bits per heavy atom.